The number of amides is 1. The molecule has 0 saturated carbocycles. The van der Waals surface area contributed by atoms with E-state index in [1.54, 1.807) is 0 Å². The van der Waals surface area contributed by atoms with Crippen molar-refractivity contribution in [2.24, 2.45) is 0 Å². The largest absolute Gasteiger partial charge is 0.459 e. The molecule has 1 rings (SSSR count). The van der Waals surface area contributed by atoms with Crippen molar-refractivity contribution in [3.8, 4) is 0 Å². The van der Waals surface area contributed by atoms with Crippen LogP contribution in [0.4, 0.5) is 5.00 Å². The van der Waals surface area contributed by atoms with Crippen molar-refractivity contribution in [2.45, 2.75) is 66.4 Å². The Labute approximate surface area is 130 Å². The molecule has 0 atom stereocenters. The van der Waals surface area contributed by atoms with Crippen molar-refractivity contribution < 1.29 is 14.3 Å². The van der Waals surface area contributed by atoms with Crippen LogP contribution in [-0.4, -0.2) is 18.0 Å². The molecule has 1 amide bonds. The number of rotatable bonds is 7. The van der Waals surface area contributed by atoms with Crippen LogP contribution in [0.3, 0.4) is 0 Å². The molecule has 4 nitrogen and oxygen atoms in total. The summed E-state index contributed by atoms with van der Waals surface area (Å²) in [5.41, 5.74) is 1.38. The number of aryl methyl sites for hydroxylation is 1. The Balaban J connectivity index is 2.85. The number of anilines is 1. The van der Waals surface area contributed by atoms with Gasteiger partial charge in [0.1, 0.15) is 5.00 Å². The predicted molar refractivity (Wildman–Crippen MR) is 87.1 cm³/mol. The summed E-state index contributed by atoms with van der Waals surface area (Å²) in [7, 11) is 0. The van der Waals surface area contributed by atoms with E-state index in [0.717, 1.165) is 29.7 Å². The number of thiophene rings is 1. The molecule has 0 aliphatic carbocycles. The minimum atomic E-state index is -0.365. The number of hydrogen-bond acceptors (Lipinski definition) is 4. The summed E-state index contributed by atoms with van der Waals surface area (Å²) < 4.78 is 5.27. The number of ether oxygens (including phenoxy) is 1. The van der Waals surface area contributed by atoms with E-state index in [-0.39, 0.29) is 18.0 Å². The van der Waals surface area contributed by atoms with Gasteiger partial charge in [-0.05, 0) is 39.7 Å². The van der Waals surface area contributed by atoms with Gasteiger partial charge < -0.3 is 10.1 Å². The molecular weight excluding hydrogens is 286 g/mol. The zero-order valence-electron chi connectivity index (χ0n) is 13.5. The van der Waals surface area contributed by atoms with E-state index in [9.17, 15) is 9.59 Å². The summed E-state index contributed by atoms with van der Waals surface area (Å²) in [5, 5.41) is 3.47. The summed E-state index contributed by atoms with van der Waals surface area (Å²) >= 11 is 1.43. The monoisotopic (exact) mass is 311 g/mol. The molecule has 0 radical (unpaired) electrons. The second kappa shape index (κ2) is 8.17. The van der Waals surface area contributed by atoms with Gasteiger partial charge in [-0.15, -0.1) is 11.3 Å². The summed E-state index contributed by atoms with van der Waals surface area (Å²) in [5.74, 6) is -0.404. The van der Waals surface area contributed by atoms with Gasteiger partial charge in [0, 0.05) is 11.3 Å². The molecule has 0 aliphatic heterocycles. The molecule has 0 saturated heterocycles. The van der Waals surface area contributed by atoms with Crippen LogP contribution in [0.5, 0.6) is 0 Å². The van der Waals surface area contributed by atoms with Crippen molar-refractivity contribution in [1.29, 1.82) is 0 Å². The maximum absolute atomic E-state index is 12.2. The van der Waals surface area contributed by atoms with Gasteiger partial charge >= 0.3 is 5.97 Å². The maximum atomic E-state index is 12.2. The number of esters is 1. The van der Waals surface area contributed by atoms with Crippen LogP contribution in [-0.2, 0) is 9.53 Å². The number of carbonyl (C=O) groups is 2. The number of nitrogens with one attached hydrogen (secondary N) is 1. The highest BCUT2D eigenvalue weighted by molar-refractivity contribution is 7.16. The van der Waals surface area contributed by atoms with Gasteiger partial charge in [-0.1, -0.05) is 19.8 Å². The quantitative estimate of drug-likeness (QED) is 0.598. The van der Waals surface area contributed by atoms with E-state index < -0.39 is 0 Å². The van der Waals surface area contributed by atoms with Crippen LogP contribution in [0.2, 0.25) is 0 Å². The van der Waals surface area contributed by atoms with Crippen LogP contribution in [0.1, 0.15) is 67.3 Å². The zero-order valence-corrected chi connectivity index (χ0v) is 14.4. The molecule has 0 fully saturated rings. The Kier molecular flexibility index (Phi) is 6.89. The first-order valence-electron chi connectivity index (χ1n) is 7.47. The zero-order chi connectivity index (χ0) is 16.0. The van der Waals surface area contributed by atoms with Crippen molar-refractivity contribution >= 4 is 28.2 Å². The van der Waals surface area contributed by atoms with Crippen LogP contribution in [0.15, 0.2) is 0 Å². The standard InChI is InChI=1S/C16H25NO3S/c1-6-7-8-9-13(18)17-15-14(11(4)12(5)21-15)16(19)20-10(2)3/h10H,6-9H2,1-5H3,(H,17,18). The smallest absolute Gasteiger partial charge is 0.341 e. The maximum Gasteiger partial charge on any atom is 0.341 e. The van der Waals surface area contributed by atoms with Crippen LogP contribution < -0.4 is 5.32 Å². The highest BCUT2D eigenvalue weighted by atomic mass is 32.1. The normalized spacial score (nSPS) is 10.8. The van der Waals surface area contributed by atoms with Crippen LogP contribution >= 0.6 is 11.3 Å². The average molecular weight is 311 g/mol. The van der Waals surface area contributed by atoms with E-state index >= 15 is 0 Å². The minimum absolute atomic E-state index is 0.0386. The summed E-state index contributed by atoms with van der Waals surface area (Å²) in [6.07, 6.45) is 3.31. The molecule has 1 heterocycles. The molecule has 0 aromatic carbocycles. The van der Waals surface area contributed by atoms with Crippen LogP contribution in [0.25, 0.3) is 0 Å². The van der Waals surface area contributed by atoms with E-state index in [2.05, 4.69) is 12.2 Å². The number of unbranched alkanes of at least 4 members (excludes halogenated alkanes) is 2. The molecule has 1 N–H and O–H groups in total. The molecule has 0 bridgehead atoms. The van der Waals surface area contributed by atoms with Gasteiger partial charge in [0.05, 0.1) is 11.7 Å². The fourth-order valence-corrected chi connectivity index (χ4v) is 3.02. The van der Waals surface area contributed by atoms with Gasteiger partial charge in [0.2, 0.25) is 5.91 Å². The lowest BCUT2D eigenvalue weighted by Gasteiger charge is -2.10. The van der Waals surface area contributed by atoms with Crippen molar-refractivity contribution in [1.82, 2.24) is 0 Å². The van der Waals surface area contributed by atoms with Gasteiger partial charge in [0.15, 0.2) is 0 Å². The molecule has 1 aromatic heterocycles. The van der Waals surface area contributed by atoms with Gasteiger partial charge in [-0.25, -0.2) is 4.79 Å². The Morgan fingerprint density at radius 3 is 2.48 bits per heavy atom. The van der Waals surface area contributed by atoms with Crippen molar-refractivity contribution in [2.75, 3.05) is 5.32 Å². The van der Waals surface area contributed by atoms with E-state index in [4.69, 9.17) is 4.74 Å². The molecular formula is C16H25NO3S. The molecule has 0 unspecified atom stereocenters. The second-order valence-electron chi connectivity index (χ2n) is 5.45. The Hall–Kier alpha value is -1.36. The third-order valence-electron chi connectivity index (χ3n) is 3.19. The van der Waals surface area contributed by atoms with Crippen molar-refractivity contribution in [3.05, 3.63) is 16.0 Å². The highest BCUT2D eigenvalue weighted by Gasteiger charge is 2.22. The molecule has 118 valence electrons. The lowest BCUT2D eigenvalue weighted by molar-refractivity contribution is -0.116. The van der Waals surface area contributed by atoms with Gasteiger partial charge in [0.25, 0.3) is 0 Å². The highest BCUT2D eigenvalue weighted by Crippen LogP contribution is 2.33. The number of hydrogen-bond donors (Lipinski definition) is 1. The van der Waals surface area contributed by atoms with Crippen LogP contribution in [0, 0.1) is 13.8 Å². The second-order valence-corrected chi connectivity index (χ2v) is 6.67. The Morgan fingerprint density at radius 2 is 1.90 bits per heavy atom. The van der Waals surface area contributed by atoms with E-state index in [0.29, 0.717) is 17.0 Å². The summed E-state index contributed by atoms with van der Waals surface area (Å²) in [4.78, 5) is 25.2. The third-order valence-corrected chi connectivity index (χ3v) is 4.32. The van der Waals surface area contributed by atoms with Gasteiger partial charge in [-0.3, -0.25) is 4.79 Å². The molecule has 21 heavy (non-hydrogen) atoms. The topological polar surface area (TPSA) is 55.4 Å². The van der Waals surface area contributed by atoms with Gasteiger partial charge in [-0.2, -0.15) is 0 Å². The lowest BCUT2D eigenvalue weighted by Crippen LogP contribution is -2.16. The Morgan fingerprint density at radius 1 is 1.24 bits per heavy atom. The molecule has 0 spiro atoms. The minimum Gasteiger partial charge on any atom is -0.459 e. The fourth-order valence-electron chi connectivity index (χ4n) is 1.96. The first-order valence-corrected chi connectivity index (χ1v) is 8.29. The fraction of sp³-hybridized carbons (Fsp3) is 0.625. The van der Waals surface area contributed by atoms with E-state index in [1.807, 2.05) is 27.7 Å². The van der Waals surface area contributed by atoms with Crippen molar-refractivity contribution in [3.63, 3.8) is 0 Å². The first-order chi connectivity index (χ1) is 9.86. The summed E-state index contributed by atoms with van der Waals surface area (Å²) in [6.45, 7) is 9.56. The third kappa shape index (κ3) is 5.16. The molecule has 0 aliphatic rings. The summed E-state index contributed by atoms with van der Waals surface area (Å²) in [6, 6.07) is 0. The average Bonchev–Trinajstić information content (AvgIpc) is 2.64. The Bertz CT molecular complexity index is 506. The first kappa shape index (κ1) is 17.7. The lowest BCUT2D eigenvalue weighted by atomic mass is 10.1. The van der Waals surface area contributed by atoms with E-state index in [1.165, 1.54) is 11.3 Å². The number of carbonyl (C=O) groups excluding carboxylic acids is 2. The molecule has 5 heteroatoms. The predicted octanol–water partition coefficient (Wildman–Crippen LogP) is 4.45. The molecule has 1 aromatic rings. The SMILES string of the molecule is CCCCCC(=O)Nc1sc(C)c(C)c1C(=O)OC(C)C.